The van der Waals surface area contributed by atoms with Crippen LogP contribution in [-0.4, -0.2) is 48.7 Å². The third kappa shape index (κ3) is 4.69. The lowest BCUT2D eigenvalue weighted by Gasteiger charge is -2.36. The van der Waals surface area contributed by atoms with Crippen LogP contribution in [0.1, 0.15) is 5.56 Å². The molecule has 1 aliphatic heterocycles. The fourth-order valence-electron chi connectivity index (χ4n) is 3.69. The van der Waals surface area contributed by atoms with Gasteiger partial charge in [-0.2, -0.15) is 0 Å². The van der Waals surface area contributed by atoms with Crippen LogP contribution in [0.25, 0.3) is 11.8 Å². The van der Waals surface area contributed by atoms with Crippen molar-refractivity contribution < 1.29 is 9.53 Å². The van der Waals surface area contributed by atoms with Crippen molar-refractivity contribution in [3.63, 3.8) is 0 Å². The van der Waals surface area contributed by atoms with Crippen LogP contribution < -0.4 is 15.2 Å². The van der Waals surface area contributed by atoms with E-state index in [1.165, 1.54) is 10.6 Å². The first-order chi connectivity index (χ1) is 15.2. The summed E-state index contributed by atoms with van der Waals surface area (Å²) < 4.78 is 6.62. The van der Waals surface area contributed by atoms with Crippen molar-refractivity contribution >= 4 is 23.4 Å². The molecule has 6 heteroatoms. The number of anilines is 1. The molecule has 1 fully saturated rings. The summed E-state index contributed by atoms with van der Waals surface area (Å²) in [6.07, 6.45) is 3.39. The van der Waals surface area contributed by atoms with E-state index in [0.29, 0.717) is 18.8 Å². The van der Waals surface area contributed by atoms with Crippen LogP contribution in [0, 0.1) is 0 Å². The summed E-state index contributed by atoms with van der Waals surface area (Å²) in [6, 6.07) is 22.5. The number of pyridine rings is 1. The summed E-state index contributed by atoms with van der Waals surface area (Å²) in [5.41, 5.74) is 2.08. The third-order valence-electron chi connectivity index (χ3n) is 5.41. The van der Waals surface area contributed by atoms with Gasteiger partial charge in [-0.25, -0.2) is 0 Å². The Labute approximate surface area is 181 Å². The molecule has 0 saturated carbocycles. The van der Waals surface area contributed by atoms with Crippen LogP contribution in [0.5, 0.6) is 5.75 Å². The zero-order valence-corrected chi connectivity index (χ0v) is 17.5. The number of aromatic nitrogens is 1. The molecule has 2 aromatic carbocycles. The Bertz CT molecular complexity index is 1110. The van der Waals surface area contributed by atoms with E-state index in [1.807, 2.05) is 47.4 Å². The van der Waals surface area contributed by atoms with E-state index in [-0.39, 0.29) is 11.5 Å². The third-order valence-corrected chi connectivity index (χ3v) is 5.41. The minimum atomic E-state index is -0.237. The van der Waals surface area contributed by atoms with Gasteiger partial charge in [0.25, 0.3) is 11.5 Å². The number of piperazine rings is 1. The Morgan fingerprint density at radius 1 is 0.871 bits per heavy atom. The van der Waals surface area contributed by atoms with Gasteiger partial charge >= 0.3 is 0 Å². The molecule has 3 aromatic rings. The average molecular weight is 415 g/mol. The molecule has 0 bridgehead atoms. The van der Waals surface area contributed by atoms with Gasteiger partial charge in [-0.05, 0) is 42.0 Å². The predicted octanol–water partition coefficient (Wildman–Crippen LogP) is 3.20. The molecular weight excluding hydrogens is 390 g/mol. The van der Waals surface area contributed by atoms with Gasteiger partial charge in [-0.1, -0.05) is 36.4 Å². The van der Waals surface area contributed by atoms with Gasteiger partial charge in [0.15, 0.2) is 0 Å². The molecule has 0 unspecified atom stereocenters. The highest BCUT2D eigenvalue weighted by molar-refractivity contribution is 6.18. The number of hydrogen-bond donors (Lipinski definition) is 0. The lowest BCUT2D eigenvalue weighted by molar-refractivity contribution is -0.125. The summed E-state index contributed by atoms with van der Waals surface area (Å²) in [7, 11) is 1.61. The monoisotopic (exact) mass is 415 g/mol. The lowest BCUT2D eigenvalue weighted by atomic mass is 10.1. The van der Waals surface area contributed by atoms with E-state index in [1.54, 1.807) is 31.5 Å². The molecule has 1 saturated heterocycles. The maximum atomic E-state index is 13.5. The van der Waals surface area contributed by atoms with Gasteiger partial charge in [-0.3, -0.25) is 14.2 Å². The molecular formula is C25H25N3O3. The van der Waals surface area contributed by atoms with Crippen molar-refractivity contribution in [2.75, 3.05) is 38.2 Å². The Balaban J connectivity index is 1.59. The van der Waals surface area contributed by atoms with Crippen LogP contribution in [0.3, 0.4) is 0 Å². The van der Waals surface area contributed by atoms with Crippen molar-refractivity contribution in [1.82, 2.24) is 9.47 Å². The predicted molar refractivity (Wildman–Crippen MR) is 123 cm³/mol. The maximum absolute atomic E-state index is 13.5. The van der Waals surface area contributed by atoms with Crippen LogP contribution in [-0.2, 0) is 4.79 Å². The lowest BCUT2D eigenvalue weighted by Crippen LogP contribution is -2.49. The zero-order chi connectivity index (χ0) is 21.6. The standard InChI is InChI=1S/C25H25N3O3/c1-31-22-12-10-20(11-13-22)19-23(28-14-6-5-9-24(28)29)25(30)27-17-15-26(16-18-27)21-7-3-2-4-8-21/h2-14,19H,15-18H2,1H3/b23-19+. The quantitative estimate of drug-likeness (QED) is 0.601. The number of para-hydroxylation sites is 1. The molecule has 0 aliphatic carbocycles. The molecule has 0 spiro atoms. The van der Waals surface area contributed by atoms with Crippen LogP contribution >= 0.6 is 0 Å². The number of nitrogens with zero attached hydrogens (tertiary/aromatic N) is 3. The zero-order valence-electron chi connectivity index (χ0n) is 17.5. The summed E-state index contributed by atoms with van der Waals surface area (Å²) in [4.78, 5) is 30.1. The molecule has 0 radical (unpaired) electrons. The van der Waals surface area contributed by atoms with E-state index in [0.717, 1.165) is 30.1 Å². The summed E-state index contributed by atoms with van der Waals surface area (Å²) >= 11 is 0. The molecule has 1 aromatic heterocycles. The normalized spacial score (nSPS) is 14.4. The summed E-state index contributed by atoms with van der Waals surface area (Å²) in [5, 5.41) is 0. The first-order valence-corrected chi connectivity index (χ1v) is 10.3. The number of rotatable bonds is 5. The molecule has 158 valence electrons. The minimum Gasteiger partial charge on any atom is -0.497 e. The van der Waals surface area contributed by atoms with Crippen molar-refractivity contribution in [3.05, 3.63) is 94.9 Å². The average Bonchev–Trinajstić information content (AvgIpc) is 2.84. The Hall–Kier alpha value is -3.80. The molecule has 0 N–H and O–H groups in total. The van der Waals surface area contributed by atoms with Gasteiger partial charge in [0.05, 0.1) is 7.11 Å². The highest BCUT2D eigenvalue weighted by atomic mass is 16.5. The number of carbonyl (C=O) groups excluding carboxylic acids is 1. The van der Waals surface area contributed by atoms with E-state index in [4.69, 9.17) is 4.74 Å². The van der Waals surface area contributed by atoms with Gasteiger partial charge in [0.2, 0.25) is 0 Å². The summed E-state index contributed by atoms with van der Waals surface area (Å²) in [5.74, 6) is 0.579. The first-order valence-electron chi connectivity index (χ1n) is 10.3. The van der Waals surface area contributed by atoms with Crippen molar-refractivity contribution in [2.24, 2.45) is 0 Å². The van der Waals surface area contributed by atoms with Crippen molar-refractivity contribution in [2.45, 2.75) is 0 Å². The van der Waals surface area contributed by atoms with Crippen molar-refractivity contribution in [1.29, 1.82) is 0 Å². The number of hydrogen-bond acceptors (Lipinski definition) is 4. The number of benzene rings is 2. The Kier molecular flexibility index (Phi) is 6.17. The largest absolute Gasteiger partial charge is 0.497 e. The van der Waals surface area contributed by atoms with Gasteiger partial charge in [0.1, 0.15) is 11.4 Å². The second-order valence-corrected chi connectivity index (χ2v) is 7.33. The molecule has 4 rings (SSSR count). The smallest absolute Gasteiger partial charge is 0.271 e. The van der Waals surface area contributed by atoms with Crippen molar-refractivity contribution in [3.8, 4) is 5.75 Å². The number of ether oxygens (including phenoxy) is 1. The van der Waals surface area contributed by atoms with Gasteiger partial charge < -0.3 is 14.5 Å². The van der Waals surface area contributed by atoms with Crippen LogP contribution in [0.15, 0.2) is 83.8 Å². The first kappa shape index (κ1) is 20.5. The number of methoxy groups -OCH3 is 1. The minimum absolute atomic E-state index is 0.156. The van der Waals surface area contributed by atoms with E-state index < -0.39 is 0 Å². The number of carbonyl (C=O) groups is 1. The molecule has 31 heavy (non-hydrogen) atoms. The number of amides is 1. The molecule has 1 amide bonds. The Morgan fingerprint density at radius 2 is 1.55 bits per heavy atom. The molecule has 2 heterocycles. The van der Waals surface area contributed by atoms with Crippen LogP contribution in [0.4, 0.5) is 5.69 Å². The van der Waals surface area contributed by atoms with E-state index in [9.17, 15) is 9.59 Å². The van der Waals surface area contributed by atoms with Gasteiger partial charge in [-0.15, -0.1) is 0 Å². The Morgan fingerprint density at radius 3 is 2.19 bits per heavy atom. The van der Waals surface area contributed by atoms with E-state index in [2.05, 4.69) is 17.0 Å². The topological polar surface area (TPSA) is 54.8 Å². The highest BCUT2D eigenvalue weighted by Gasteiger charge is 2.25. The SMILES string of the molecule is COc1ccc(/C=C(\C(=O)N2CCN(c3ccccc3)CC2)n2ccccc2=O)cc1. The molecule has 6 nitrogen and oxygen atoms in total. The van der Waals surface area contributed by atoms with Gasteiger partial charge in [0, 0.05) is 44.1 Å². The fourth-order valence-corrected chi connectivity index (χ4v) is 3.69. The summed E-state index contributed by atoms with van der Waals surface area (Å²) in [6.45, 7) is 2.68. The second kappa shape index (κ2) is 9.34. The van der Waals surface area contributed by atoms with Crippen LogP contribution in [0.2, 0.25) is 0 Å². The van der Waals surface area contributed by atoms with E-state index >= 15 is 0 Å². The molecule has 1 aliphatic rings. The maximum Gasteiger partial charge on any atom is 0.271 e. The molecule has 0 atom stereocenters. The fraction of sp³-hybridized carbons (Fsp3) is 0.200. The highest BCUT2D eigenvalue weighted by Crippen LogP contribution is 2.20. The second-order valence-electron chi connectivity index (χ2n) is 7.33.